The van der Waals surface area contributed by atoms with Crippen molar-refractivity contribution in [3.63, 3.8) is 0 Å². The minimum Gasteiger partial charge on any atom is -0.397 e. The standard InChI is InChI=1S/C11H13ClFN3O/c12-6-4-8(14)10(5-7(6)13)16-3-1-2-9(16)11(15)17/h4-5,9H,1-3,14H2,(H2,15,17). The summed E-state index contributed by atoms with van der Waals surface area (Å²) >= 11 is 5.63. The van der Waals surface area contributed by atoms with Crippen LogP contribution in [0.5, 0.6) is 0 Å². The number of primary amides is 1. The highest BCUT2D eigenvalue weighted by molar-refractivity contribution is 6.31. The highest BCUT2D eigenvalue weighted by Crippen LogP contribution is 2.33. The summed E-state index contributed by atoms with van der Waals surface area (Å²) in [6, 6.07) is 2.18. The Kier molecular flexibility index (Phi) is 3.11. The van der Waals surface area contributed by atoms with Gasteiger partial charge in [-0.25, -0.2) is 4.39 Å². The molecule has 0 saturated carbocycles. The Hall–Kier alpha value is -1.49. The minimum absolute atomic E-state index is 0.0268. The van der Waals surface area contributed by atoms with Crippen molar-refractivity contribution >= 4 is 28.9 Å². The fourth-order valence-corrected chi connectivity index (χ4v) is 2.32. The van der Waals surface area contributed by atoms with Crippen LogP contribution in [0.1, 0.15) is 12.8 Å². The number of halogens is 2. The van der Waals surface area contributed by atoms with Gasteiger partial charge in [0.1, 0.15) is 11.9 Å². The van der Waals surface area contributed by atoms with Gasteiger partial charge < -0.3 is 16.4 Å². The summed E-state index contributed by atoms with van der Waals surface area (Å²) in [5, 5.41) is -0.0268. The second kappa shape index (κ2) is 4.41. The van der Waals surface area contributed by atoms with Crippen molar-refractivity contribution in [1.82, 2.24) is 0 Å². The van der Waals surface area contributed by atoms with Crippen LogP contribution in [0.3, 0.4) is 0 Å². The molecule has 1 heterocycles. The predicted octanol–water partition coefficient (Wildman–Crippen LogP) is 1.52. The molecular formula is C11H13ClFN3O. The molecule has 6 heteroatoms. The van der Waals surface area contributed by atoms with E-state index in [9.17, 15) is 9.18 Å². The van der Waals surface area contributed by atoms with E-state index < -0.39 is 17.8 Å². The van der Waals surface area contributed by atoms with E-state index in [2.05, 4.69) is 0 Å². The van der Waals surface area contributed by atoms with E-state index in [1.165, 1.54) is 12.1 Å². The van der Waals surface area contributed by atoms with Gasteiger partial charge in [-0.3, -0.25) is 4.79 Å². The van der Waals surface area contributed by atoms with E-state index >= 15 is 0 Å². The number of hydrogen-bond donors (Lipinski definition) is 2. The van der Waals surface area contributed by atoms with Crippen LogP contribution in [-0.2, 0) is 4.79 Å². The number of nitrogens with two attached hydrogens (primary N) is 2. The van der Waals surface area contributed by atoms with E-state index in [-0.39, 0.29) is 5.02 Å². The molecule has 0 bridgehead atoms. The van der Waals surface area contributed by atoms with Crippen molar-refractivity contribution in [3.8, 4) is 0 Å². The molecule has 0 aromatic heterocycles. The van der Waals surface area contributed by atoms with Gasteiger partial charge in [0.15, 0.2) is 0 Å². The van der Waals surface area contributed by atoms with Gasteiger partial charge in [-0.15, -0.1) is 0 Å². The molecule has 2 rings (SSSR count). The van der Waals surface area contributed by atoms with Crippen LogP contribution in [0, 0.1) is 5.82 Å². The van der Waals surface area contributed by atoms with Crippen molar-refractivity contribution in [2.24, 2.45) is 5.73 Å². The predicted molar refractivity (Wildman–Crippen MR) is 65.4 cm³/mol. The summed E-state index contributed by atoms with van der Waals surface area (Å²) in [6.45, 7) is 0.638. The molecule has 92 valence electrons. The molecule has 0 radical (unpaired) electrons. The SMILES string of the molecule is NC(=O)C1CCCN1c1cc(F)c(Cl)cc1N. The molecule has 1 amide bonds. The van der Waals surface area contributed by atoms with Gasteiger partial charge in [-0.1, -0.05) is 11.6 Å². The molecule has 1 aromatic carbocycles. The molecule has 1 unspecified atom stereocenters. The summed E-state index contributed by atoms with van der Waals surface area (Å²) in [7, 11) is 0. The van der Waals surface area contributed by atoms with Crippen LogP contribution in [0.25, 0.3) is 0 Å². The third-order valence-electron chi connectivity index (χ3n) is 2.96. The molecule has 4 N–H and O–H groups in total. The Balaban J connectivity index is 2.40. The van der Waals surface area contributed by atoms with E-state index in [0.29, 0.717) is 24.3 Å². The molecule has 1 atom stereocenters. The van der Waals surface area contributed by atoms with Gasteiger partial charge in [0.2, 0.25) is 5.91 Å². The van der Waals surface area contributed by atoms with Crippen LogP contribution in [0.2, 0.25) is 5.02 Å². The normalized spacial score (nSPS) is 19.6. The molecule has 1 aliphatic heterocycles. The molecule has 1 fully saturated rings. The molecule has 0 aliphatic carbocycles. The largest absolute Gasteiger partial charge is 0.397 e. The van der Waals surface area contributed by atoms with E-state index in [1.54, 1.807) is 4.90 Å². The fourth-order valence-electron chi connectivity index (χ4n) is 2.15. The first-order valence-electron chi connectivity index (χ1n) is 5.31. The van der Waals surface area contributed by atoms with Crippen LogP contribution >= 0.6 is 11.6 Å². The second-order valence-corrected chi connectivity index (χ2v) is 4.49. The number of carbonyl (C=O) groups excluding carboxylic acids is 1. The topological polar surface area (TPSA) is 72.4 Å². The highest BCUT2D eigenvalue weighted by atomic mass is 35.5. The van der Waals surface area contributed by atoms with Crippen molar-refractivity contribution in [1.29, 1.82) is 0 Å². The van der Waals surface area contributed by atoms with Gasteiger partial charge in [0.05, 0.1) is 16.4 Å². The summed E-state index contributed by atoms with van der Waals surface area (Å²) < 4.78 is 13.4. The van der Waals surface area contributed by atoms with Gasteiger partial charge >= 0.3 is 0 Å². The van der Waals surface area contributed by atoms with Crippen molar-refractivity contribution < 1.29 is 9.18 Å². The van der Waals surface area contributed by atoms with Crippen molar-refractivity contribution in [2.45, 2.75) is 18.9 Å². The maximum atomic E-state index is 13.4. The third-order valence-corrected chi connectivity index (χ3v) is 3.25. The lowest BCUT2D eigenvalue weighted by molar-refractivity contribution is -0.119. The second-order valence-electron chi connectivity index (χ2n) is 4.08. The Bertz CT molecular complexity index is 466. The molecule has 17 heavy (non-hydrogen) atoms. The minimum atomic E-state index is -0.550. The first kappa shape index (κ1) is 12.0. The highest BCUT2D eigenvalue weighted by Gasteiger charge is 2.30. The summed E-state index contributed by atoms with van der Waals surface area (Å²) in [5.74, 6) is -0.969. The molecule has 1 aliphatic rings. The summed E-state index contributed by atoms with van der Waals surface area (Å²) in [4.78, 5) is 13.0. The van der Waals surface area contributed by atoms with E-state index in [4.69, 9.17) is 23.1 Å². The smallest absolute Gasteiger partial charge is 0.240 e. The number of anilines is 2. The van der Waals surface area contributed by atoms with Crippen molar-refractivity contribution in [3.05, 3.63) is 23.0 Å². The lowest BCUT2D eigenvalue weighted by Crippen LogP contribution is -2.40. The summed E-state index contributed by atoms with van der Waals surface area (Å²) in [6.07, 6.45) is 1.50. The molecule has 1 aromatic rings. The average Bonchev–Trinajstić information content (AvgIpc) is 2.72. The Morgan fingerprint density at radius 3 is 2.88 bits per heavy atom. The number of benzene rings is 1. The van der Waals surface area contributed by atoms with Gasteiger partial charge in [-0.05, 0) is 18.9 Å². The Morgan fingerprint density at radius 2 is 2.24 bits per heavy atom. The molecule has 1 saturated heterocycles. The zero-order valence-electron chi connectivity index (χ0n) is 9.12. The number of carbonyl (C=O) groups is 1. The number of nitrogen functional groups attached to an aromatic ring is 1. The molecular weight excluding hydrogens is 245 g/mol. The number of hydrogen-bond acceptors (Lipinski definition) is 3. The number of nitrogens with zero attached hydrogens (tertiary/aromatic N) is 1. The van der Waals surface area contributed by atoms with Crippen LogP contribution in [0.4, 0.5) is 15.8 Å². The van der Waals surface area contributed by atoms with Crippen LogP contribution in [0.15, 0.2) is 12.1 Å². The maximum absolute atomic E-state index is 13.4. The van der Waals surface area contributed by atoms with Crippen LogP contribution in [-0.4, -0.2) is 18.5 Å². The van der Waals surface area contributed by atoms with E-state index in [0.717, 1.165) is 6.42 Å². The molecule has 0 spiro atoms. The Labute approximate surface area is 103 Å². The monoisotopic (exact) mass is 257 g/mol. The van der Waals surface area contributed by atoms with E-state index in [1.807, 2.05) is 0 Å². The van der Waals surface area contributed by atoms with Gasteiger partial charge in [0.25, 0.3) is 0 Å². The van der Waals surface area contributed by atoms with Gasteiger partial charge in [0, 0.05) is 12.6 Å². The van der Waals surface area contributed by atoms with Gasteiger partial charge in [-0.2, -0.15) is 0 Å². The zero-order chi connectivity index (χ0) is 12.6. The quantitative estimate of drug-likeness (QED) is 0.789. The van der Waals surface area contributed by atoms with Crippen LogP contribution < -0.4 is 16.4 Å². The number of rotatable bonds is 2. The lowest BCUT2D eigenvalue weighted by Gasteiger charge is -2.25. The first-order valence-corrected chi connectivity index (χ1v) is 5.69. The van der Waals surface area contributed by atoms with Crippen molar-refractivity contribution in [2.75, 3.05) is 17.2 Å². The number of amides is 1. The Morgan fingerprint density at radius 1 is 1.53 bits per heavy atom. The maximum Gasteiger partial charge on any atom is 0.240 e. The fraction of sp³-hybridized carbons (Fsp3) is 0.364. The zero-order valence-corrected chi connectivity index (χ0v) is 9.88. The lowest BCUT2D eigenvalue weighted by atomic mass is 10.2. The molecule has 4 nitrogen and oxygen atoms in total. The first-order chi connectivity index (χ1) is 8.00. The third kappa shape index (κ3) is 2.15. The summed E-state index contributed by atoms with van der Waals surface area (Å²) in [5.41, 5.74) is 11.9. The average molecular weight is 258 g/mol.